The van der Waals surface area contributed by atoms with Crippen LogP contribution in [-0.4, -0.2) is 0 Å². The lowest BCUT2D eigenvalue weighted by Crippen LogP contribution is -2.13. The van der Waals surface area contributed by atoms with Crippen LogP contribution in [0.25, 0.3) is 0 Å². The molecule has 0 saturated heterocycles. The molecule has 0 aliphatic rings. The molecule has 0 saturated carbocycles. The Morgan fingerprint density at radius 3 is 1.75 bits per heavy atom. The Kier molecular flexibility index (Phi) is 4.69. The van der Waals surface area contributed by atoms with Crippen molar-refractivity contribution in [1.82, 2.24) is 0 Å². The largest absolute Gasteiger partial charge is 0.0656 e. The number of hydrogen-bond acceptors (Lipinski definition) is 0. The SMILES string of the molecule is CC(C)(C)Cc1cc(C(C)(C)C)c[cH+]c(C(C)(C)C)c1. The van der Waals surface area contributed by atoms with E-state index >= 15 is 0 Å². The summed E-state index contributed by atoms with van der Waals surface area (Å²) in [6.07, 6.45) is 1.12. The minimum absolute atomic E-state index is 0.195. The van der Waals surface area contributed by atoms with Crippen molar-refractivity contribution in [2.75, 3.05) is 0 Å². The van der Waals surface area contributed by atoms with E-state index in [1.54, 1.807) is 0 Å². The van der Waals surface area contributed by atoms with Crippen LogP contribution in [0.2, 0.25) is 0 Å². The second-order valence-corrected chi connectivity index (χ2v) is 9.35. The minimum Gasteiger partial charge on any atom is -0.0598 e. The van der Waals surface area contributed by atoms with E-state index < -0.39 is 0 Å². The van der Waals surface area contributed by atoms with E-state index in [1.165, 1.54) is 16.7 Å². The van der Waals surface area contributed by atoms with Gasteiger partial charge in [0.2, 0.25) is 0 Å². The first kappa shape index (κ1) is 17.1. The fourth-order valence-electron chi connectivity index (χ4n) is 2.36. The van der Waals surface area contributed by atoms with Crippen molar-refractivity contribution in [2.24, 2.45) is 5.41 Å². The van der Waals surface area contributed by atoms with E-state index in [0.717, 1.165) is 6.42 Å². The van der Waals surface area contributed by atoms with Crippen LogP contribution in [0.5, 0.6) is 0 Å². The number of hydrogen-bond donors (Lipinski definition) is 0. The molecule has 1 rings (SSSR count). The highest BCUT2D eigenvalue weighted by atomic mass is 14.2. The van der Waals surface area contributed by atoms with Crippen molar-refractivity contribution in [3.8, 4) is 0 Å². The van der Waals surface area contributed by atoms with Crippen LogP contribution in [0.3, 0.4) is 0 Å². The van der Waals surface area contributed by atoms with Crippen LogP contribution in [0.15, 0.2) is 24.3 Å². The van der Waals surface area contributed by atoms with Gasteiger partial charge < -0.3 is 0 Å². The van der Waals surface area contributed by atoms with Crippen LogP contribution in [0, 0.1) is 5.41 Å². The molecule has 0 aromatic heterocycles. The van der Waals surface area contributed by atoms with Crippen LogP contribution < -0.4 is 0 Å². The quantitative estimate of drug-likeness (QED) is 0.538. The molecule has 0 atom stereocenters. The summed E-state index contributed by atoms with van der Waals surface area (Å²) in [5.74, 6) is 0. The maximum atomic E-state index is 2.40. The molecule has 0 fully saturated rings. The second kappa shape index (κ2) is 5.47. The Morgan fingerprint density at radius 1 is 0.800 bits per heavy atom. The summed E-state index contributed by atoms with van der Waals surface area (Å²) in [7, 11) is 0. The van der Waals surface area contributed by atoms with Gasteiger partial charge in [0.25, 0.3) is 0 Å². The molecule has 0 aliphatic carbocycles. The Bertz CT molecular complexity index is 428. The van der Waals surface area contributed by atoms with E-state index in [4.69, 9.17) is 0 Å². The Balaban J connectivity index is 3.44. The van der Waals surface area contributed by atoms with Crippen molar-refractivity contribution in [3.63, 3.8) is 0 Å². The van der Waals surface area contributed by atoms with Crippen molar-refractivity contribution >= 4 is 0 Å². The highest BCUT2D eigenvalue weighted by Crippen LogP contribution is 2.30. The average Bonchev–Trinajstić information content (AvgIpc) is 2.35. The summed E-state index contributed by atoms with van der Waals surface area (Å²) >= 11 is 0. The van der Waals surface area contributed by atoms with Gasteiger partial charge in [-0.25, -0.2) is 0 Å². The predicted octanol–water partition coefficient (Wildman–Crippen LogP) is 6.15. The first-order valence-electron chi connectivity index (χ1n) is 7.77. The van der Waals surface area contributed by atoms with Gasteiger partial charge in [0.1, 0.15) is 0 Å². The first-order valence-corrected chi connectivity index (χ1v) is 7.77. The van der Waals surface area contributed by atoms with Crippen molar-refractivity contribution < 1.29 is 0 Å². The normalized spacial score (nSPS) is 13.4. The molecular weight excluding hydrogens is 240 g/mol. The van der Waals surface area contributed by atoms with E-state index in [0.29, 0.717) is 5.41 Å². The number of rotatable bonds is 1. The monoisotopic (exact) mass is 273 g/mol. The second-order valence-electron chi connectivity index (χ2n) is 9.35. The van der Waals surface area contributed by atoms with E-state index in [1.807, 2.05) is 0 Å². The molecule has 0 aliphatic heterocycles. The molecule has 0 amide bonds. The van der Waals surface area contributed by atoms with Crippen molar-refractivity contribution in [3.05, 3.63) is 41.0 Å². The van der Waals surface area contributed by atoms with Gasteiger partial charge in [0.15, 0.2) is 0 Å². The van der Waals surface area contributed by atoms with Gasteiger partial charge in [0.05, 0.1) is 11.6 Å². The molecule has 0 heterocycles. The van der Waals surface area contributed by atoms with Crippen LogP contribution >= 0.6 is 0 Å². The third-order valence-corrected chi connectivity index (χ3v) is 3.59. The van der Waals surface area contributed by atoms with Gasteiger partial charge in [-0.2, -0.15) is 0 Å². The molecule has 1 aromatic rings. The van der Waals surface area contributed by atoms with Crippen LogP contribution in [0.4, 0.5) is 0 Å². The lowest BCUT2D eigenvalue weighted by Gasteiger charge is -2.18. The predicted molar refractivity (Wildman–Crippen MR) is 91.4 cm³/mol. The molecule has 112 valence electrons. The molecule has 0 heteroatoms. The first-order chi connectivity index (χ1) is 8.79. The molecule has 0 nitrogen and oxygen atoms in total. The summed E-state index contributed by atoms with van der Waals surface area (Å²) in [6, 6.07) is 9.43. The van der Waals surface area contributed by atoms with E-state index in [2.05, 4.69) is 86.6 Å². The molecular formula is C20H33+. The lowest BCUT2D eigenvalue weighted by molar-refractivity contribution is 0.410. The maximum Gasteiger partial charge on any atom is 0.0656 e. The summed E-state index contributed by atoms with van der Waals surface area (Å²) in [5, 5.41) is 0. The summed E-state index contributed by atoms with van der Waals surface area (Å²) in [4.78, 5) is 0. The molecule has 20 heavy (non-hydrogen) atoms. The highest BCUT2D eigenvalue weighted by Gasteiger charge is 2.24. The molecule has 0 radical (unpaired) electrons. The molecule has 0 unspecified atom stereocenters. The standard InChI is InChI=1S/C20H33/c1-18(2,3)14-15-12-16(19(4,5)6)10-11-17(13-15)20(7,8)9/h10-13H,14H2,1-9H3/q+1. The minimum atomic E-state index is 0.195. The molecule has 0 bridgehead atoms. The van der Waals surface area contributed by atoms with Crippen LogP contribution in [0.1, 0.15) is 79.0 Å². The average molecular weight is 273 g/mol. The molecule has 0 spiro atoms. The topological polar surface area (TPSA) is 0 Å². The smallest absolute Gasteiger partial charge is 0.0598 e. The van der Waals surface area contributed by atoms with Gasteiger partial charge in [-0.1, -0.05) is 41.5 Å². The van der Waals surface area contributed by atoms with Crippen molar-refractivity contribution in [1.29, 1.82) is 0 Å². The highest BCUT2D eigenvalue weighted by molar-refractivity contribution is 5.34. The Labute approximate surface area is 126 Å². The van der Waals surface area contributed by atoms with Gasteiger partial charge >= 0.3 is 0 Å². The maximum absolute atomic E-state index is 2.40. The Morgan fingerprint density at radius 2 is 1.35 bits per heavy atom. The Hall–Kier alpha value is -0.910. The lowest BCUT2D eigenvalue weighted by atomic mass is 9.84. The van der Waals surface area contributed by atoms with Crippen molar-refractivity contribution in [2.45, 2.75) is 79.6 Å². The molecule has 1 aromatic carbocycles. The van der Waals surface area contributed by atoms with E-state index in [-0.39, 0.29) is 10.8 Å². The summed E-state index contributed by atoms with van der Waals surface area (Å²) < 4.78 is 0. The van der Waals surface area contributed by atoms with Gasteiger partial charge in [-0.05, 0) is 32.6 Å². The zero-order chi connectivity index (χ0) is 15.8. The molecule has 0 N–H and O–H groups in total. The third kappa shape index (κ3) is 5.23. The fourth-order valence-corrected chi connectivity index (χ4v) is 2.36. The summed E-state index contributed by atoms with van der Waals surface area (Å²) in [5.41, 5.74) is 5.01. The van der Waals surface area contributed by atoms with E-state index in [9.17, 15) is 0 Å². The van der Waals surface area contributed by atoms with Gasteiger partial charge in [-0.15, -0.1) is 0 Å². The van der Waals surface area contributed by atoms with Gasteiger partial charge in [0, 0.05) is 40.2 Å². The zero-order valence-electron chi connectivity index (χ0n) is 15.0. The fraction of sp³-hybridized carbons (Fsp3) is 0.650. The zero-order valence-corrected chi connectivity index (χ0v) is 15.0. The third-order valence-electron chi connectivity index (χ3n) is 3.59. The van der Waals surface area contributed by atoms with Crippen LogP contribution in [-0.2, 0) is 17.3 Å². The van der Waals surface area contributed by atoms with Gasteiger partial charge in [-0.3, -0.25) is 0 Å². The summed E-state index contributed by atoms with van der Waals surface area (Å²) in [6.45, 7) is 20.7.